The quantitative estimate of drug-likeness (QED) is 0.473. The van der Waals surface area contributed by atoms with Crippen LogP contribution in [0.5, 0.6) is 0 Å². The second-order valence-corrected chi connectivity index (χ2v) is 4.50. The lowest BCUT2D eigenvalue weighted by atomic mass is 9.83. The van der Waals surface area contributed by atoms with Gasteiger partial charge in [-0.3, -0.25) is 10.1 Å². The second-order valence-electron chi connectivity index (χ2n) is 4.50. The number of nitriles is 1. The molecule has 0 saturated carbocycles. The summed E-state index contributed by atoms with van der Waals surface area (Å²) in [5.41, 5.74) is 5.75. The van der Waals surface area contributed by atoms with Crippen molar-refractivity contribution >= 4 is 17.1 Å². The molecule has 88 valence electrons. The van der Waals surface area contributed by atoms with Gasteiger partial charge < -0.3 is 10.6 Å². The van der Waals surface area contributed by atoms with E-state index in [1.807, 2.05) is 6.92 Å². The van der Waals surface area contributed by atoms with Gasteiger partial charge in [-0.15, -0.1) is 0 Å². The van der Waals surface area contributed by atoms with Crippen LogP contribution in [0.1, 0.15) is 6.92 Å². The SMILES string of the molecule is CC1(C#N)CN(c2cccc(N)c2[N+](=O)[O-])C1. The molecule has 2 rings (SSSR count). The molecule has 1 aromatic carbocycles. The third kappa shape index (κ3) is 1.76. The third-order valence-corrected chi connectivity index (χ3v) is 2.92. The monoisotopic (exact) mass is 232 g/mol. The molecule has 1 aromatic rings. The van der Waals surface area contributed by atoms with Crippen LogP contribution >= 0.6 is 0 Å². The maximum absolute atomic E-state index is 11.0. The lowest BCUT2D eigenvalue weighted by Gasteiger charge is -2.44. The van der Waals surface area contributed by atoms with Crippen LogP contribution in [0.25, 0.3) is 0 Å². The smallest absolute Gasteiger partial charge is 0.315 e. The van der Waals surface area contributed by atoms with Gasteiger partial charge in [0.2, 0.25) is 0 Å². The van der Waals surface area contributed by atoms with E-state index in [4.69, 9.17) is 11.0 Å². The Labute approximate surface area is 98.4 Å². The van der Waals surface area contributed by atoms with Crippen molar-refractivity contribution in [2.75, 3.05) is 23.7 Å². The Morgan fingerprint density at radius 3 is 2.76 bits per heavy atom. The number of nitrogen functional groups attached to an aromatic ring is 1. The molecule has 6 nitrogen and oxygen atoms in total. The van der Waals surface area contributed by atoms with Gasteiger partial charge in [0, 0.05) is 13.1 Å². The Morgan fingerprint density at radius 1 is 1.59 bits per heavy atom. The summed E-state index contributed by atoms with van der Waals surface area (Å²) in [6.45, 7) is 2.82. The van der Waals surface area contributed by atoms with Crippen LogP contribution < -0.4 is 10.6 Å². The fourth-order valence-corrected chi connectivity index (χ4v) is 2.04. The van der Waals surface area contributed by atoms with E-state index in [0.717, 1.165) is 0 Å². The number of nitrogens with two attached hydrogens (primary N) is 1. The largest absolute Gasteiger partial charge is 0.393 e. The van der Waals surface area contributed by atoms with Crippen molar-refractivity contribution in [3.63, 3.8) is 0 Å². The zero-order valence-electron chi connectivity index (χ0n) is 9.38. The van der Waals surface area contributed by atoms with Crippen LogP contribution in [-0.2, 0) is 0 Å². The van der Waals surface area contributed by atoms with Gasteiger partial charge in [-0.2, -0.15) is 5.26 Å². The van der Waals surface area contributed by atoms with Gasteiger partial charge in [0.05, 0.1) is 16.4 Å². The maximum atomic E-state index is 11.0. The van der Waals surface area contributed by atoms with Crippen molar-refractivity contribution in [2.45, 2.75) is 6.92 Å². The molecule has 1 aliphatic rings. The van der Waals surface area contributed by atoms with Crippen molar-refractivity contribution in [3.8, 4) is 6.07 Å². The van der Waals surface area contributed by atoms with E-state index in [9.17, 15) is 10.1 Å². The highest BCUT2D eigenvalue weighted by molar-refractivity contribution is 5.76. The summed E-state index contributed by atoms with van der Waals surface area (Å²) in [6, 6.07) is 7.04. The number of hydrogen-bond donors (Lipinski definition) is 1. The predicted molar refractivity (Wildman–Crippen MR) is 63.4 cm³/mol. The van der Waals surface area contributed by atoms with E-state index in [2.05, 4.69) is 6.07 Å². The van der Waals surface area contributed by atoms with E-state index in [1.54, 1.807) is 17.0 Å². The van der Waals surface area contributed by atoms with Crippen molar-refractivity contribution in [3.05, 3.63) is 28.3 Å². The summed E-state index contributed by atoms with van der Waals surface area (Å²) in [7, 11) is 0. The van der Waals surface area contributed by atoms with Crippen molar-refractivity contribution in [2.24, 2.45) is 5.41 Å². The number of rotatable bonds is 2. The molecule has 0 unspecified atom stereocenters. The first-order chi connectivity index (χ1) is 7.97. The molecular formula is C11H12N4O2. The molecule has 0 radical (unpaired) electrons. The van der Waals surface area contributed by atoms with Gasteiger partial charge in [0.15, 0.2) is 0 Å². The highest BCUT2D eigenvalue weighted by Crippen LogP contribution is 2.40. The number of hydrogen-bond acceptors (Lipinski definition) is 5. The zero-order chi connectivity index (χ0) is 12.6. The fourth-order valence-electron chi connectivity index (χ4n) is 2.04. The van der Waals surface area contributed by atoms with E-state index >= 15 is 0 Å². The van der Waals surface area contributed by atoms with Crippen LogP contribution in [0.15, 0.2) is 18.2 Å². The molecule has 17 heavy (non-hydrogen) atoms. The van der Waals surface area contributed by atoms with Crippen LogP contribution in [0.4, 0.5) is 17.1 Å². The number of nitro benzene ring substituents is 1. The van der Waals surface area contributed by atoms with E-state index in [-0.39, 0.29) is 11.4 Å². The Kier molecular flexibility index (Phi) is 2.39. The van der Waals surface area contributed by atoms with Crippen molar-refractivity contribution < 1.29 is 4.92 Å². The van der Waals surface area contributed by atoms with Gasteiger partial charge in [-0.05, 0) is 19.1 Å². The Bertz CT molecular complexity index is 515. The zero-order valence-corrected chi connectivity index (χ0v) is 9.38. The van der Waals surface area contributed by atoms with Crippen LogP contribution in [0.2, 0.25) is 0 Å². The molecule has 1 heterocycles. The molecule has 0 aromatic heterocycles. The van der Waals surface area contributed by atoms with Gasteiger partial charge in [0.25, 0.3) is 0 Å². The minimum absolute atomic E-state index is 0.0764. The normalized spacial score (nSPS) is 17.1. The number of nitro groups is 1. The molecule has 1 fully saturated rings. The Morgan fingerprint density at radius 2 is 2.24 bits per heavy atom. The molecule has 0 atom stereocenters. The van der Waals surface area contributed by atoms with Crippen LogP contribution in [-0.4, -0.2) is 18.0 Å². The average molecular weight is 232 g/mol. The van der Waals surface area contributed by atoms with Gasteiger partial charge >= 0.3 is 5.69 Å². The first-order valence-corrected chi connectivity index (χ1v) is 5.16. The van der Waals surface area contributed by atoms with Crippen molar-refractivity contribution in [1.29, 1.82) is 5.26 Å². The summed E-state index contributed by atoms with van der Waals surface area (Å²) in [4.78, 5) is 12.3. The molecule has 6 heteroatoms. The van der Waals surface area contributed by atoms with Gasteiger partial charge in [-0.25, -0.2) is 0 Å². The van der Waals surface area contributed by atoms with Gasteiger partial charge in [0.1, 0.15) is 11.4 Å². The van der Waals surface area contributed by atoms with E-state index in [0.29, 0.717) is 18.8 Å². The maximum Gasteiger partial charge on any atom is 0.315 e. The fraction of sp³-hybridized carbons (Fsp3) is 0.364. The standard InChI is InChI=1S/C11H12N4O2/c1-11(5-12)6-14(7-11)9-4-2-3-8(13)10(9)15(16)17/h2-4H,6-7,13H2,1H3. The lowest BCUT2D eigenvalue weighted by molar-refractivity contribution is -0.383. The molecule has 2 N–H and O–H groups in total. The number of benzene rings is 1. The molecule has 1 aliphatic heterocycles. The summed E-state index contributed by atoms with van der Waals surface area (Å²) in [6.07, 6.45) is 0. The van der Waals surface area contributed by atoms with E-state index in [1.165, 1.54) is 6.07 Å². The summed E-state index contributed by atoms with van der Waals surface area (Å²) < 4.78 is 0. The second kappa shape index (κ2) is 3.63. The lowest BCUT2D eigenvalue weighted by Crippen LogP contribution is -2.54. The van der Waals surface area contributed by atoms with E-state index < -0.39 is 10.3 Å². The first-order valence-electron chi connectivity index (χ1n) is 5.16. The predicted octanol–water partition coefficient (Wildman–Crippen LogP) is 1.53. The highest BCUT2D eigenvalue weighted by Gasteiger charge is 2.41. The Balaban J connectivity index is 2.33. The molecule has 0 aliphatic carbocycles. The Hall–Kier alpha value is -2.29. The highest BCUT2D eigenvalue weighted by atomic mass is 16.6. The number of anilines is 2. The number of para-hydroxylation sites is 1. The average Bonchev–Trinajstić information content (AvgIpc) is 2.24. The van der Waals surface area contributed by atoms with Crippen LogP contribution in [0, 0.1) is 26.9 Å². The molecule has 0 amide bonds. The molecule has 0 spiro atoms. The topological polar surface area (TPSA) is 96.2 Å². The minimum atomic E-state index is -0.479. The summed E-state index contributed by atoms with van der Waals surface area (Å²) in [5.74, 6) is 0. The molecular weight excluding hydrogens is 220 g/mol. The molecule has 0 bridgehead atoms. The summed E-state index contributed by atoms with van der Waals surface area (Å²) >= 11 is 0. The molecule has 1 saturated heterocycles. The van der Waals surface area contributed by atoms with Crippen LogP contribution in [0.3, 0.4) is 0 Å². The minimum Gasteiger partial charge on any atom is -0.393 e. The van der Waals surface area contributed by atoms with Crippen molar-refractivity contribution in [1.82, 2.24) is 0 Å². The third-order valence-electron chi connectivity index (χ3n) is 2.92. The van der Waals surface area contributed by atoms with Gasteiger partial charge in [-0.1, -0.05) is 6.07 Å². The number of nitrogens with zero attached hydrogens (tertiary/aromatic N) is 3. The first kappa shape index (κ1) is 11.2. The summed E-state index contributed by atoms with van der Waals surface area (Å²) in [5, 5.41) is 19.9.